The lowest BCUT2D eigenvalue weighted by Gasteiger charge is -2.49. The molecule has 0 radical (unpaired) electrons. The smallest absolute Gasteiger partial charge is 0.392 e. The maximum Gasteiger partial charge on any atom is 0.416 e. The summed E-state index contributed by atoms with van der Waals surface area (Å²) < 4.78 is 66.7. The SMILES string of the molecule is CC(F)(F)c1cc(CCNc2ncc(C#N)c(N[C@@H]3C[C@H](O)C3(C)C)n2)cc(C(F)(F)F)c1. The lowest BCUT2D eigenvalue weighted by atomic mass is 9.64. The molecule has 0 spiro atoms. The van der Waals surface area contributed by atoms with Gasteiger partial charge in [-0.25, -0.2) is 13.8 Å². The number of hydrogen-bond acceptors (Lipinski definition) is 6. The van der Waals surface area contributed by atoms with Gasteiger partial charge in [-0.3, -0.25) is 0 Å². The van der Waals surface area contributed by atoms with Gasteiger partial charge in [0.2, 0.25) is 5.95 Å². The Morgan fingerprint density at radius 1 is 1.18 bits per heavy atom. The van der Waals surface area contributed by atoms with E-state index in [0.29, 0.717) is 19.4 Å². The topological polar surface area (TPSA) is 93.9 Å². The molecule has 1 aliphatic carbocycles. The van der Waals surface area contributed by atoms with E-state index in [2.05, 4.69) is 20.6 Å². The Morgan fingerprint density at radius 3 is 2.39 bits per heavy atom. The third kappa shape index (κ3) is 5.50. The van der Waals surface area contributed by atoms with Crippen molar-refractivity contribution in [3.63, 3.8) is 0 Å². The molecule has 1 heterocycles. The van der Waals surface area contributed by atoms with Gasteiger partial charge in [-0.2, -0.15) is 23.4 Å². The van der Waals surface area contributed by atoms with Crippen molar-refractivity contribution in [3.8, 4) is 6.07 Å². The summed E-state index contributed by atoms with van der Waals surface area (Å²) in [7, 11) is 0. The van der Waals surface area contributed by atoms with E-state index in [0.717, 1.165) is 12.1 Å². The van der Waals surface area contributed by atoms with Gasteiger partial charge in [0.15, 0.2) is 0 Å². The number of halogens is 5. The molecular weight excluding hydrogens is 445 g/mol. The summed E-state index contributed by atoms with van der Waals surface area (Å²) in [4.78, 5) is 8.29. The van der Waals surface area contributed by atoms with Crippen LogP contribution in [-0.4, -0.2) is 33.8 Å². The van der Waals surface area contributed by atoms with Gasteiger partial charge in [0.1, 0.15) is 17.5 Å². The lowest BCUT2D eigenvalue weighted by molar-refractivity contribution is -0.137. The molecule has 1 saturated carbocycles. The molecule has 0 unspecified atom stereocenters. The largest absolute Gasteiger partial charge is 0.416 e. The van der Waals surface area contributed by atoms with Crippen LogP contribution in [0.4, 0.5) is 33.7 Å². The minimum atomic E-state index is -4.75. The van der Waals surface area contributed by atoms with Crippen LogP contribution in [0.3, 0.4) is 0 Å². The number of aliphatic hydroxyl groups is 1. The summed E-state index contributed by atoms with van der Waals surface area (Å²) in [6.45, 7) is 4.39. The molecule has 2 atom stereocenters. The number of benzene rings is 1. The third-order valence-electron chi connectivity index (χ3n) is 5.96. The molecule has 0 amide bonds. The Morgan fingerprint density at radius 2 is 1.85 bits per heavy atom. The number of rotatable bonds is 7. The van der Waals surface area contributed by atoms with Crippen LogP contribution in [0.15, 0.2) is 24.4 Å². The zero-order valence-corrected chi connectivity index (χ0v) is 18.3. The first-order valence-electron chi connectivity index (χ1n) is 10.3. The number of hydrogen-bond donors (Lipinski definition) is 3. The van der Waals surface area contributed by atoms with Crippen LogP contribution in [0.5, 0.6) is 0 Å². The molecule has 3 rings (SSSR count). The maximum atomic E-state index is 13.7. The molecule has 0 saturated heterocycles. The molecule has 1 aromatic carbocycles. The molecule has 1 aliphatic rings. The number of alkyl halides is 5. The summed E-state index contributed by atoms with van der Waals surface area (Å²) in [5.74, 6) is -3.02. The Hall–Kier alpha value is -3.00. The highest BCUT2D eigenvalue weighted by molar-refractivity contribution is 5.54. The molecule has 11 heteroatoms. The van der Waals surface area contributed by atoms with Crippen molar-refractivity contribution in [2.45, 2.75) is 57.9 Å². The molecule has 0 bridgehead atoms. The van der Waals surface area contributed by atoms with Crippen molar-refractivity contribution in [2.24, 2.45) is 5.41 Å². The van der Waals surface area contributed by atoms with Gasteiger partial charge in [0, 0.05) is 30.5 Å². The van der Waals surface area contributed by atoms with Crippen molar-refractivity contribution in [1.29, 1.82) is 5.26 Å². The molecule has 0 aliphatic heterocycles. The molecule has 2 aromatic rings. The van der Waals surface area contributed by atoms with Gasteiger partial charge < -0.3 is 15.7 Å². The van der Waals surface area contributed by atoms with Crippen molar-refractivity contribution in [2.75, 3.05) is 17.2 Å². The van der Waals surface area contributed by atoms with E-state index < -0.39 is 34.7 Å². The van der Waals surface area contributed by atoms with E-state index >= 15 is 0 Å². The molecule has 178 valence electrons. The second-order valence-electron chi connectivity index (χ2n) is 8.82. The zero-order valence-electron chi connectivity index (χ0n) is 18.3. The van der Waals surface area contributed by atoms with Crippen LogP contribution >= 0.6 is 0 Å². The van der Waals surface area contributed by atoms with Crippen LogP contribution < -0.4 is 10.6 Å². The number of aromatic nitrogens is 2. The van der Waals surface area contributed by atoms with Crippen molar-refractivity contribution in [1.82, 2.24) is 9.97 Å². The van der Waals surface area contributed by atoms with Crippen LogP contribution in [0.25, 0.3) is 0 Å². The molecule has 6 nitrogen and oxygen atoms in total. The maximum absolute atomic E-state index is 13.7. The van der Waals surface area contributed by atoms with E-state index in [4.69, 9.17) is 0 Å². The van der Waals surface area contributed by atoms with E-state index in [1.165, 1.54) is 6.20 Å². The molecular formula is C22H24F5N5O. The molecule has 1 fully saturated rings. The third-order valence-corrected chi connectivity index (χ3v) is 5.96. The second kappa shape index (κ2) is 8.74. The van der Waals surface area contributed by atoms with Crippen molar-refractivity contribution < 1.29 is 27.1 Å². The first-order chi connectivity index (χ1) is 15.2. The lowest BCUT2D eigenvalue weighted by Crippen LogP contribution is -2.57. The van der Waals surface area contributed by atoms with Crippen LogP contribution in [-0.2, 0) is 18.5 Å². The summed E-state index contributed by atoms with van der Waals surface area (Å²) in [6.07, 6.45) is -3.41. The van der Waals surface area contributed by atoms with Gasteiger partial charge >= 0.3 is 6.18 Å². The number of nitrogens with one attached hydrogen (secondary N) is 2. The fraction of sp³-hybridized carbons (Fsp3) is 0.500. The van der Waals surface area contributed by atoms with Gasteiger partial charge in [-0.15, -0.1) is 0 Å². The Kier molecular flexibility index (Phi) is 6.53. The minimum Gasteiger partial charge on any atom is -0.392 e. The first kappa shape index (κ1) is 24.6. The summed E-state index contributed by atoms with van der Waals surface area (Å²) >= 11 is 0. The second-order valence-corrected chi connectivity index (χ2v) is 8.82. The summed E-state index contributed by atoms with van der Waals surface area (Å²) in [5, 5.41) is 25.2. The first-order valence-corrected chi connectivity index (χ1v) is 10.3. The van der Waals surface area contributed by atoms with Gasteiger partial charge in [0.25, 0.3) is 5.92 Å². The highest BCUT2D eigenvalue weighted by Gasteiger charge is 2.47. The minimum absolute atomic E-state index is 0.0149. The number of aliphatic hydroxyl groups excluding tert-OH is 1. The predicted octanol–water partition coefficient (Wildman–Crippen LogP) is 4.70. The van der Waals surface area contributed by atoms with E-state index in [9.17, 15) is 32.3 Å². The Bertz CT molecular complexity index is 1030. The Balaban J connectivity index is 1.73. The van der Waals surface area contributed by atoms with Gasteiger partial charge in [0.05, 0.1) is 17.9 Å². The summed E-state index contributed by atoms with van der Waals surface area (Å²) in [5.41, 5.74) is -1.97. The standard InChI is InChI=1S/C22H24F5N5O/c1-20(2)16(9-17(20)33)31-18-13(10-28)11-30-19(32-18)29-5-4-12-6-14(21(3,23)24)8-15(7-12)22(25,26)27/h6-8,11,16-17,33H,4-5,9H2,1-3H3,(H2,29,30,31,32)/t16-,17+/m1/s1. The monoisotopic (exact) mass is 469 g/mol. The molecule has 3 N–H and O–H groups in total. The summed E-state index contributed by atoms with van der Waals surface area (Å²) in [6, 6.07) is 4.22. The van der Waals surface area contributed by atoms with Crippen LogP contribution in [0.1, 0.15) is 49.4 Å². The fourth-order valence-corrected chi connectivity index (χ4v) is 3.54. The van der Waals surface area contributed by atoms with E-state index in [1.807, 2.05) is 19.9 Å². The number of nitrogens with zero attached hydrogens (tertiary/aromatic N) is 3. The van der Waals surface area contributed by atoms with Gasteiger partial charge in [-0.1, -0.05) is 13.8 Å². The van der Waals surface area contributed by atoms with Gasteiger partial charge in [-0.05, 0) is 36.6 Å². The molecule has 1 aromatic heterocycles. The normalized spacial score (nSPS) is 20.0. The molecule has 33 heavy (non-hydrogen) atoms. The van der Waals surface area contributed by atoms with Crippen molar-refractivity contribution in [3.05, 3.63) is 46.6 Å². The zero-order chi connectivity index (χ0) is 24.6. The van der Waals surface area contributed by atoms with Crippen molar-refractivity contribution >= 4 is 11.8 Å². The average molecular weight is 469 g/mol. The predicted molar refractivity (Wildman–Crippen MR) is 112 cm³/mol. The Labute approximate surface area is 187 Å². The average Bonchev–Trinajstić information content (AvgIpc) is 2.72. The highest BCUT2D eigenvalue weighted by atomic mass is 19.4. The van der Waals surface area contributed by atoms with E-state index in [-0.39, 0.29) is 41.9 Å². The highest BCUT2D eigenvalue weighted by Crippen LogP contribution is 2.42. The number of nitriles is 1. The van der Waals surface area contributed by atoms with Crippen LogP contribution in [0.2, 0.25) is 0 Å². The number of anilines is 2. The van der Waals surface area contributed by atoms with E-state index in [1.54, 1.807) is 0 Å². The van der Waals surface area contributed by atoms with Crippen LogP contribution in [0, 0.1) is 16.7 Å². The quantitative estimate of drug-likeness (QED) is 0.509. The fourth-order valence-electron chi connectivity index (χ4n) is 3.54.